The van der Waals surface area contributed by atoms with Gasteiger partial charge in [0.2, 0.25) is 0 Å². The van der Waals surface area contributed by atoms with Gasteiger partial charge in [0, 0.05) is 32.2 Å². The molecule has 0 aliphatic carbocycles. The Kier molecular flexibility index (Phi) is 5.75. The zero-order chi connectivity index (χ0) is 11.9. The quantitative estimate of drug-likeness (QED) is 0.734. The largest absolute Gasteiger partial charge is 0.314 e. The Bertz CT molecular complexity index is 194. The van der Waals surface area contributed by atoms with Crippen LogP contribution in [0.1, 0.15) is 39.0 Å². The molecule has 1 N–H and O–H groups in total. The Hall–Kier alpha value is -0.120. The zero-order valence-electron chi connectivity index (χ0n) is 11.5. The molecular formula is C14H29N3. The number of piperazine rings is 1. The molecule has 0 aromatic rings. The maximum atomic E-state index is 3.44. The van der Waals surface area contributed by atoms with Crippen molar-refractivity contribution in [3.05, 3.63) is 0 Å². The third-order valence-electron chi connectivity index (χ3n) is 4.30. The van der Waals surface area contributed by atoms with Gasteiger partial charge in [0.15, 0.2) is 0 Å². The van der Waals surface area contributed by atoms with Crippen molar-refractivity contribution in [2.24, 2.45) is 0 Å². The van der Waals surface area contributed by atoms with Gasteiger partial charge in [-0.15, -0.1) is 0 Å². The molecule has 2 heterocycles. The molecule has 2 aliphatic rings. The highest BCUT2D eigenvalue weighted by Gasteiger charge is 2.24. The molecule has 0 atom stereocenters. The lowest BCUT2D eigenvalue weighted by Gasteiger charge is -2.40. The fraction of sp³-hybridized carbons (Fsp3) is 1.00. The van der Waals surface area contributed by atoms with Gasteiger partial charge in [-0.25, -0.2) is 0 Å². The van der Waals surface area contributed by atoms with Gasteiger partial charge < -0.3 is 10.2 Å². The van der Waals surface area contributed by atoms with Gasteiger partial charge >= 0.3 is 0 Å². The van der Waals surface area contributed by atoms with Crippen LogP contribution in [0.4, 0.5) is 0 Å². The van der Waals surface area contributed by atoms with E-state index in [1.807, 2.05) is 0 Å². The lowest BCUT2D eigenvalue weighted by molar-refractivity contribution is 0.0971. The van der Waals surface area contributed by atoms with Crippen molar-refractivity contribution in [3.63, 3.8) is 0 Å². The smallest absolute Gasteiger partial charge is 0.0121 e. The van der Waals surface area contributed by atoms with E-state index in [0.29, 0.717) is 0 Å². The summed E-state index contributed by atoms with van der Waals surface area (Å²) in [7, 11) is 0. The van der Waals surface area contributed by atoms with E-state index in [1.165, 1.54) is 77.9 Å². The Balaban J connectivity index is 1.63. The van der Waals surface area contributed by atoms with Crippen molar-refractivity contribution in [2.45, 2.75) is 45.1 Å². The summed E-state index contributed by atoms with van der Waals surface area (Å²) in [5.74, 6) is 0. The normalized spacial score (nSPS) is 25.2. The van der Waals surface area contributed by atoms with Crippen LogP contribution in [0.3, 0.4) is 0 Å². The zero-order valence-corrected chi connectivity index (χ0v) is 11.5. The fourth-order valence-corrected chi connectivity index (χ4v) is 3.14. The average molecular weight is 239 g/mol. The van der Waals surface area contributed by atoms with Gasteiger partial charge in [-0.1, -0.05) is 19.8 Å². The van der Waals surface area contributed by atoms with E-state index in [2.05, 4.69) is 22.0 Å². The predicted octanol–water partition coefficient (Wildman–Crippen LogP) is 1.55. The minimum Gasteiger partial charge on any atom is -0.314 e. The molecule has 3 heteroatoms. The minimum atomic E-state index is 0.875. The second-order valence-electron chi connectivity index (χ2n) is 5.57. The molecule has 2 fully saturated rings. The van der Waals surface area contributed by atoms with Crippen LogP contribution in [0.2, 0.25) is 0 Å². The molecule has 2 saturated heterocycles. The van der Waals surface area contributed by atoms with Crippen molar-refractivity contribution in [1.29, 1.82) is 0 Å². The molecule has 0 radical (unpaired) electrons. The van der Waals surface area contributed by atoms with E-state index in [-0.39, 0.29) is 0 Å². The van der Waals surface area contributed by atoms with Gasteiger partial charge in [0.05, 0.1) is 0 Å². The second-order valence-corrected chi connectivity index (χ2v) is 5.57. The third kappa shape index (κ3) is 4.23. The van der Waals surface area contributed by atoms with Crippen molar-refractivity contribution in [1.82, 2.24) is 15.1 Å². The molecular weight excluding hydrogens is 210 g/mol. The maximum absolute atomic E-state index is 3.44. The van der Waals surface area contributed by atoms with E-state index >= 15 is 0 Å². The molecule has 0 unspecified atom stereocenters. The molecule has 0 amide bonds. The SMILES string of the molecule is CCCCCN1CCC(N2CCNCC2)CC1. The van der Waals surface area contributed by atoms with Gasteiger partial charge in [-0.3, -0.25) is 4.90 Å². The summed E-state index contributed by atoms with van der Waals surface area (Å²) >= 11 is 0. The number of nitrogens with one attached hydrogen (secondary N) is 1. The summed E-state index contributed by atoms with van der Waals surface area (Å²) in [6.45, 7) is 11.2. The molecule has 2 rings (SSSR count). The first-order valence-corrected chi connectivity index (χ1v) is 7.57. The number of likely N-dealkylation sites (tertiary alicyclic amines) is 1. The fourth-order valence-electron chi connectivity index (χ4n) is 3.14. The first kappa shape index (κ1) is 13.3. The van der Waals surface area contributed by atoms with E-state index in [0.717, 1.165) is 6.04 Å². The number of hydrogen-bond acceptors (Lipinski definition) is 3. The lowest BCUT2D eigenvalue weighted by Crippen LogP contribution is -2.52. The standard InChI is InChI=1S/C14H29N3/c1-2-3-4-9-16-10-5-14(6-11-16)17-12-7-15-8-13-17/h14-15H,2-13H2,1H3. The highest BCUT2D eigenvalue weighted by Crippen LogP contribution is 2.17. The number of piperidine rings is 1. The third-order valence-corrected chi connectivity index (χ3v) is 4.30. The first-order valence-electron chi connectivity index (χ1n) is 7.57. The van der Waals surface area contributed by atoms with Gasteiger partial charge in [-0.05, 0) is 38.9 Å². The summed E-state index contributed by atoms with van der Waals surface area (Å²) < 4.78 is 0. The van der Waals surface area contributed by atoms with E-state index in [9.17, 15) is 0 Å². The summed E-state index contributed by atoms with van der Waals surface area (Å²) in [5.41, 5.74) is 0. The minimum absolute atomic E-state index is 0.875. The highest BCUT2D eigenvalue weighted by atomic mass is 15.2. The van der Waals surface area contributed by atoms with Crippen LogP contribution in [-0.2, 0) is 0 Å². The van der Waals surface area contributed by atoms with Gasteiger partial charge in [0.1, 0.15) is 0 Å². The Morgan fingerprint density at radius 3 is 2.35 bits per heavy atom. The Morgan fingerprint density at radius 2 is 1.71 bits per heavy atom. The molecule has 0 aromatic carbocycles. The van der Waals surface area contributed by atoms with Crippen LogP contribution >= 0.6 is 0 Å². The summed E-state index contributed by atoms with van der Waals surface area (Å²) in [6.07, 6.45) is 6.93. The van der Waals surface area contributed by atoms with Crippen LogP contribution in [0.5, 0.6) is 0 Å². The van der Waals surface area contributed by atoms with Crippen molar-refractivity contribution >= 4 is 0 Å². The molecule has 0 bridgehead atoms. The summed E-state index contributed by atoms with van der Waals surface area (Å²) in [6, 6.07) is 0.875. The number of rotatable bonds is 5. The van der Waals surface area contributed by atoms with Gasteiger partial charge in [-0.2, -0.15) is 0 Å². The Labute approximate surface area is 107 Å². The lowest BCUT2D eigenvalue weighted by atomic mass is 10.0. The van der Waals surface area contributed by atoms with Crippen LogP contribution < -0.4 is 5.32 Å². The summed E-state index contributed by atoms with van der Waals surface area (Å²) in [4.78, 5) is 5.38. The molecule has 17 heavy (non-hydrogen) atoms. The van der Waals surface area contributed by atoms with Gasteiger partial charge in [0.25, 0.3) is 0 Å². The van der Waals surface area contributed by atoms with Crippen LogP contribution in [0, 0.1) is 0 Å². The average Bonchev–Trinajstić information content (AvgIpc) is 2.41. The molecule has 3 nitrogen and oxygen atoms in total. The van der Waals surface area contributed by atoms with E-state index in [4.69, 9.17) is 0 Å². The predicted molar refractivity (Wildman–Crippen MR) is 73.4 cm³/mol. The van der Waals surface area contributed by atoms with Crippen molar-refractivity contribution < 1.29 is 0 Å². The molecule has 0 spiro atoms. The maximum Gasteiger partial charge on any atom is 0.0121 e. The van der Waals surface area contributed by atoms with Crippen molar-refractivity contribution in [3.8, 4) is 0 Å². The molecule has 0 aromatic heterocycles. The van der Waals surface area contributed by atoms with E-state index < -0.39 is 0 Å². The Morgan fingerprint density at radius 1 is 1.00 bits per heavy atom. The topological polar surface area (TPSA) is 18.5 Å². The molecule has 2 aliphatic heterocycles. The monoisotopic (exact) mass is 239 g/mol. The molecule has 0 saturated carbocycles. The molecule has 100 valence electrons. The second kappa shape index (κ2) is 7.34. The van der Waals surface area contributed by atoms with Crippen LogP contribution in [0.25, 0.3) is 0 Å². The van der Waals surface area contributed by atoms with Crippen molar-refractivity contribution in [2.75, 3.05) is 45.8 Å². The summed E-state index contributed by atoms with van der Waals surface area (Å²) in [5, 5.41) is 3.44. The number of nitrogens with zero attached hydrogens (tertiary/aromatic N) is 2. The first-order chi connectivity index (χ1) is 8.40. The number of hydrogen-bond donors (Lipinski definition) is 1. The highest BCUT2D eigenvalue weighted by molar-refractivity contribution is 4.82. The number of unbranched alkanes of at least 4 members (excludes halogenated alkanes) is 2. The van der Waals surface area contributed by atoms with Crippen LogP contribution in [-0.4, -0.2) is 61.7 Å². The van der Waals surface area contributed by atoms with E-state index in [1.54, 1.807) is 0 Å². The van der Waals surface area contributed by atoms with Crippen LogP contribution in [0.15, 0.2) is 0 Å².